The van der Waals surface area contributed by atoms with Crippen LogP contribution in [0.25, 0.3) is 10.9 Å². The zero-order chi connectivity index (χ0) is 13.1. The van der Waals surface area contributed by atoms with E-state index in [4.69, 9.17) is 10.7 Å². The van der Waals surface area contributed by atoms with Crippen LogP contribution in [0.5, 0.6) is 0 Å². The van der Waals surface area contributed by atoms with Crippen LogP contribution < -0.4 is 5.73 Å². The lowest BCUT2D eigenvalue weighted by Gasteiger charge is -2.17. The highest BCUT2D eigenvalue weighted by molar-refractivity contribution is 9.10. The van der Waals surface area contributed by atoms with E-state index in [9.17, 15) is 0 Å². The fraction of sp³-hybridized carbons (Fsp3) is 0.400. The van der Waals surface area contributed by atoms with Crippen molar-refractivity contribution in [2.45, 2.75) is 32.7 Å². The molecule has 0 aliphatic rings. The predicted octanol–water partition coefficient (Wildman–Crippen LogP) is 4.43. The summed E-state index contributed by atoms with van der Waals surface area (Å²) in [6.07, 6.45) is 2.12. The average Bonchev–Trinajstić information content (AvgIpc) is 2.37. The number of pyridine rings is 1. The Morgan fingerprint density at radius 1 is 1.33 bits per heavy atom. The van der Waals surface area contributed by atoms with Crippen LogP contribution in [0.4, 0.5) is 0 Å². The number of nitrogens with zero attached hydrogens (tertiary/aromatic N) is 1. The fourth-order valence-corrected chi connectivity index (χ4v) is 2.71. The topological polar surface area (TPSA) is 38.9 Å². The Hall–Kier alpha value is -0.930. The Balaban J connectivity index is 2.35. The van der Waals surface area contributed by atoms with Crippen molar-refractivity contribution in [1.29, 1.82) is 0 Å². The maximum absolute atomic E-state index is 6.27. The third-order valence-electron chi connectivity index (χ3n) is 3.41. The summed E-state index contributed by atoms with van der Waals surface area (Å²) in [5.74, 6) is 0.625. The first-order valence-corrected chi connectivity index (χ1v) is 7.22. The highest BCUT2D eigenvalue weighted by Gasteiger charge is 2.15. The van der Waals surface area contributed by atoms with Crippen LogP contribution in [-0.2, 0) is 0 Å². The first-order valence-electron chi connectivity index (χ1n) is 6.42. The number of rotatable bonds is 4. The zero-order valence-corrected chi connectivity index (χ0v) is 12.4. The molecule has 0 aliphatic carbocycles. The quantitative estimate of drug-likeness (QED) is 0.907. The Labute approximate surface area is 117 Å². The molecule has 0 saturated heterocycles. The van der Waals surface area contributed by atoms with E-state index in [1.807, 2.05) is 18.2 Å². The van der Waals surface area contributed by atoms with Crippen molar-refractivity contribution in [3.63, 3.8) is 0 Å². The van der Waals surface area contributed by atoms with Gasteiger partial charge in [0.25, 0.3) is 0 Å². The molecule has 2 N–H and O–H groups in total. The van der Waals surface area contributed by atoms with E-state index < -0.39 is 0 Å². The molecule has 2 nitrogen and oxygen atoms in total. The summed E-state index contributed by atoms with van der Waals surface area (Å²) in [5.41, 5.74) is 8.25. The second-order valence-corrected chi connectivity index (χ2v) is 5.76. The number of halogens is 1. The number of nitrogens with two attached hydrogens (primary N) is 1. The summed E-state index contributed by atoms with van der Waals surface area (Å²) in [6.45, 7) is 4.43. The van der Waals surface area contributed by atoms with Crippen molar-refractivity contribution in [1.82, 2.24) is 4.98 Å². The van der Waals surface area contributed by atoms with Crippen LogP contribution in [0.2, 0.25) is 0 Å². The summed E-state index contributed by atoms with van der Waals surface area (Å²) in [6, 6.07) is 10.2. The van der Waals surface area contributed by atoms with E-state index in [2.05, 4.69) is 41.9 Å². The molecule has 0 bridgehead atoms. The summed E-state index contributed by atoms with van der Waals surface area (Å²) in [7, 11) is 0. The van der Waals surface area contributed by atoms with Crippen molar-refractivity contribution in [3.8, 4) is 0 Å². The molecular formula is C15H19BrN2. The number of para-hydroxylation sites is 1. The molecule has 96 valence electrons. The van der Waals surface area contributed by atoms with E-state index in [1.54, 1.807) is 0 Å². The number of fused-ring (bicyclic) bond motifs is 1. The van der Waals surface area contributed by atoms with E-state index in [0.717, 1.165) is 33.9 Å². The summed E-state index contributed by atoms with van der Waals surface area (Å²) < 4.78 is 1.01. The number of aromatic nitrogens is 1. The molecule has 0 spiro atoms. The minimum Gasteiger partial charge on any atom is -0.323 e. The molecule has 1 aromatic carbocycles. The van der Waals surface area contributed by atoms with Gasteiger partial charge in [-0.1, -0.05) is 38.5 Å². The van der Waals surface area contributed by atoms with Crippen molar-refractivity contribution in [3.05, 3.63) is 40.5 Å². The minimum atomic E-state index is -0.000990. The molecule has 2 unspecified atom stereocenters. The molecule has 0 radical (unpaired) electrons. The van der Waals surface area contributed by atoms with Gasteiger partial charge in [-0.15, -0.1) is 0 Å². The van der Waals surface area contributed by atoms with Crippen LogP contribution in [-0.4, -0.2) is 4.98 Å². The van der Waals surface area contributed by atoms with Crippen LogP contribution in [0, 0.1) is 5.92 Å². The van der Waals surface area contributed by atoms with Gasteiger partial charge in [0, 0.05) is 15.9 Å². The molecule has 2 aromatic rings. The highest BCUT2D eigenvalue weighted by Crippen LogP contribution is 2.28. The van der Waals surface area contributed by atoms with Gasteiger partial charge in [0.1, 0.15) is 0 Å². The molecule has 0 aliphatic heterocycles. The molecule has 18 heavy (non-hydrogen) atoms. The van der Waals surface area contributed by atoms with E-state index in [-0.39, 0.29) is 6.04 Å². The molecule has 2 atom stereocenters. The second-order valence-electron chi connectivity index (χ2n) is 4.90. The number of benzene rings is 1. The van der Waals surface area contributed by atoms with E-state index >= 15 is 0 Å². The smallest absolute Gasteiger partial charge is 0.0720 e. The monoisotopic (exact) mass is 306 g/mol. The van der Waals surface area contributed by atoms with E-state index in [0.29, 0.717) is 5.92 Å². The van der Waals surface area contributed by atoms with Gasteiger partial charge in [0.15, 0.2) is 0 Å². The number of hydrogen-bond donors (Lipinski definition) is 1. The summed E-state index contributed by atoms with van der Waals surface area (Å²) in [4.78, 5) is 4.69. The van der Waals surface area contributed by atoms with Crippen molar-refractivity contribution in [2.24, 2.45) is 11.7 Å². The van der Waals surface area contributed by atoms with Crippen LogP contribution in [0.1, 0.15) is 38.4 Å². The minimum absolute atomic E-state index is 0.000990. The van der Waals surface area contributed by atoms with Crippen molar-refractivity contribution in [2.75, 3.05) is 0 Å². The van der Waals surface area contributed by atoms with Crippen LogP contribution >= 0.6 is 15.9 Å². The Morgan fingerprint density at radius 3 is 2.78 bits per heavy atom. The molecule has 3 heteroatoms. The van der Waals surface area contributed by atoms with E-state index in [1.165, 1.54) is 0 Å². The van der Waals surface area contributed by atoms with Gasteiger partial charge in [0.05, 0.1) is 11.2 Å². The third kappa shape index (κ3) is 2.90. The molecule has 0 amide bonds. The molecule has 2 rings (SSSR count). The van der Waals surface area contributed by atoms with Crippen molar-refractivity contribution >= 4 is 26.8 Å². The molecule has 1 heterocycles. The lowest BCUT2D eigenvalue weighted by Crippen LogP contribution is -2.16. The molecule has 1 aromatic heterocycles. The SMILES string of the molecule is CCC(C)CC(N)c1nc2ccccc2cc1Br. The van der Waals surface area contributed by atoms with Gasteiger partial charge in [-0.05, 0) is 40.4 Å². The van der Waals surface area contributed by atoms with Gasteiger partial charge < -0.3 is 5.73 Å². The first kappa shape index (κ1) is 13.5. The Bertz CT molecular complexity index is 539. The predicted molar refractivity (Wildman–Crippen MR) is 80.4 cm³/mol. The maximum Gasteiger partial charge on any atom is 0.0720 e. The normalized spacial score (nSPS) is 14.7. The highest BCUT2D eigenvalue weighted by atomic mass is 79.9. The molecule has 0 fully saturated rings. The molecule has 0 saturated carbocycles. The van der Waals surface area contributed by atoms with Gasteiger partial charge in [-0.2, -0.15) is 0 Å². The summed E-state index contributed by atoms with van der Waals surface area (Å²) in [5, 5.41) is 1.14. The average molecular weight is 307 g/mol. The third-order valence-corrected chi connectivity index (χ3v) is 4.04. The Kier molecular flexibility index (Phi) is 4.36. The fourth-order valence-electron chi connectivity index (χ4n) is 2.08. The Morgan fingerprint density at radius 2 is 2.06 bits per heavy atom. The van der Waals surface area contributed by atoms with Gasteiger partial charge in [-0.25, -0.2) is 4.98 Å². The first-order chi connectivity index (χ1) is 8.61. The van der Waals surface area contributed by atoms with Gasteiger partial charge in [-0.3, -0.25) is 0 Å². The summed E-state index contributed by atoms with van der Waals surface area (Å²) >= 11 is 3.59. The number of hydrogen-bond acceptors (Lipinski definition) is 2. The molecular weight excluding hydrogens is 288 g/mol. The standard InChI is InChI=1S/C15H19BrN2/c1-3-10(2)8-13(17)15-12(16)9-11-6-4-5-7-14(11)18-15/h4-7,9-10,13H,3,8,17H2,1-2H3. The largest absolute Gasteiger partial charge is 0.323 e. The van der Waals surface area contributed by atoms with Crippen LogP contribution in [0.3, 0.4) is 0 Å². The lowest BCUT2D eigenvalue weighted by molar-refractivity contribution is 0.455. The lowest BCUT2D eigenvalue weighted by atomic mass is 9.97. The maximum atomic E-state index is 6.27. The second kappa shape index (κ2) is 5.81. The van der Waals surface area contributed by atoms with Gasteiger partial charge in [0.2, 0.25) is 0 Å². The van der Waals surface area contributed by atoms with Crippen LogP contribution in [0.15, 0.2) is 34.8 Å². The van der Waals surface area contributed by atoms with Gasteiger partial charge >= 0.3 is 0 Å². The zero-order valence-electron chi connectivity index (χ0n) is 10.9. The van der Waals surface area contributed by atoms with Crippen molar-refractivity contribution < 1.29 is 0 Å².